The average Bonchev–Trinajstić information content (AvgIpc) is 2.47. The van der Waals surface area contributed by atoms with E-state index in [9.17, 15) is 9.18 Å². The summed E-state index contributed by atoms with van der Waals surface area (Å²) in [6, 6.07) is 16.1. The Morgan fingerprint density at radius 1 is 1.10 bits per heavy atom. The molecule has 104 valence electrons. The largest absolute Gasteiger partial charge is 0.352 e. The van der Waals surface area contributed by atoms with Gasteiger partial charge in [0.1, 0.15) is 5.82 Å². The molecule has 0 fully saturated rings. The van der Waals surface area contributed by atoms with E-state index in [1.807, 2.05) is 37.3 Å². The Morgan fingerprint density at radius 2 is 1.75 bits per heavy atom. The van der Waals surface area contributed by atoms with Crippen molar-refractivity contribution in [3.8, 4) is 0 Å². The monoisotopic (exact) mass is 271 g/mol. The van der Waals surface area contributed by atoms with Crippen LogP contribution in [0.2, 0.25) is 0 Å². The molecule has 1 atom stereocenters. The lowest BCUT2D eigenvalue weighted by Crippen LogP contribution is -2.24. The van der Waals surface area contributed by atoms with E-state index in [1.165, 1.54) is 12.1 Å². The van der Waals surface area contributed by atoms with E-state index in [2.05, 4.69) is 5.32 Å². The normalized spacial score (nSPS) is 11.9. The lowest BCUT2D eigenvalue weighted by atomic mass is 9.97. The van der Waals surface area contributed by atoms with Crippen molar-refractivity contribution in [2.75, 3.05) is 0 Å². The van der Waals surface area contributed by atoms with Gasteiger partial charge >= 0.3 is 0 Å². The van der Waals surface area contributed by atoms with Gasteiger partial charge in [0.25, 0.3) is 0 Å². The van der Waals surface area contributed by atoms with Crippen molar-refractivity contribution in [3.05, 3.63) is 71.5 Å². The molecule has 0 heterocycles. The molecular formula is C17H18FNO. The van der Waals surface area contributed by atoms with Gasteiger partial charge in [-0.1, -0.05) is 49.4 Å². The maximum atomic E-state index is 12.8. The van der Waals surface area contributed by atoms with Crippen LogP contribution in [-0.4, -0.2) is 5.91 Å². The summed E-state index contributed by atoms with van der Waals surface area (Å²) >= 11 is 0. The van der Waals surface area contributed by atoms with E-state index in [0.717, 1.165) is 11.1 Å². The maximum absolute atomic E-state index is 12.8. The minimum Gasteiger partial charge on any atom is -0.352 e. The number of carbonyl (C=O) groups excluding carboxylic acids is 1. The van der Waals surface area contributed by atoms with E-state index in [0.29, 0.717) is 13.0 Å². The lowest BCUT2D eigenvalue weighted by molar-refractivity contribution is -0.121. The van der Waals surface area contributed by atoms with Gasteiger partial charge < -0.3 is 5.32 Å². The first-order valence-electron chi connectivity index (χ1n) is 6.71. The summed E-state index contributed by atoms with van der Waals surface area (Å²) in [7, 11) is 0. The zero-order chi connectivity index (χ0) is 14.4. The van der Waals surface area contributed by atoms with Crippen molar-refractivity contribution in [2.45, 2.75) is 25.8 Å². The van der Waals surface area contributed by atoms with Crippen LogP contribution < -0.4 is 5.32 Å². The second-order valence-electron chi connectivity index (χ2n) is 4.92. The molecule has 0 aliphatic heterocycles. The molecule has 0 aliphatic carbocycles. The molecule has 0 aromatic heterocycles. The molecule has 0 spiro atoms. The quantitative estimate of drug-likeness (QED) is 0.884. The fourth-order valence-corrected chi connectivity index (χ4v) is 2.05. The molecular weight excluding hydrogens is 253 g/mol. The van der Waals surface area contributed by atoms with Gasteiger partial charge in [-0.05, 0) is 29.2 Å². The second kappa shape index (κ2) is 6.85. The van der Waals surface area contributed by atoms with E-state index < -0.39 is 0 Å². The fourth-order valence-electron chi connectivity index (χ4n) is 2.05. The Kier molecular flexibility index (Phi) is 4.88. The molecule has 0 saturated carbocycles. The molecule has 1 N–H and O–H groups in total. The zero-order valence-electron chi connectivity index (χ0n) is 11.5. The van der Waals surface area contributed by atoms with Crippen molar-refractivity contribution >= 4 is 5.91 Å². The standard InChI is InChI=1S/C17H18FNO/c1-13(15-5-3-2-4-6-15)11-17(20)19-12-14-7-9-16(18)10-8-14/h2-10,13H,11-12H2,1H3,(H,19,20)/t13-/m1/s1. The fraction of sp³-hybridized carbons (Fsp3) is 0.235. The highest BCUT2D eigenvalue weighted by Gasteiger charge is 2.10. The van der Waals surface area contributed by atoms with Gasteiger partial charge in [0.05, 0.1) is 0 Å². The molecule has 0 unspecified atom stereocenters. The summed E-state index contributed by atoms with van der Waals surface area (Å²) in [6.07, 6.45) is 0.450. The topological polar surface area (TPSA) is 29.1 Å². The Balaban J connectivity index is 1.82. The van der Waals surface area contributed by atoms with Crippen molar-refractivity contribution in [2.24, 2.45) is 0 Å². The van der Waals surface area contributed by atoms with Gasteiger partial charge in [-0.25, -0.2) is 4.39 Å². The Bertz CT molecular complexity index is 551. The number of rotatable bonds is 5. The van der Waals surface area contributed by atoms with Crippen LogP contribution in [0.15, 0.2) is 54.6 Å². The van der Waals surface area contributed by atoms with Crippen LogP contribution >= 0.6 is 0 Å². The summed E-state index contributed by atoms with van der Waals surface area (Å²) in [5, 5.41) is 2.86. The number of benzene rings is 2. The molecule has 2 rings (SSSR count). The second-order valence-corrected chi connectivity index (χ2v) is 4.92. The number of carbonyl (C=O) groups is 1. The summed E-state index contributed by atoms with van der Waals surface area (Å²) in [4.78, 5) is 11.9. The average molecular weight is 271 g/mol. The molecule has 0 radical (unpaired) electrons. The number of amides is 1. The molecule has 20 heavy (non-hydrogen) atoms. The zero-order valence-corrected chi connectivity index (χ0v) is 11.5. The van der Waals surface area contributed by atoms with Gasteiger partial charge in [-0.15, -0.1) is 0 Å². The summed E-state index contributed by atoms with van der Waals surface area (Å²) < 4.78 is 12.8. The third-order valence-electron chi connectivity index (χ3n) is 3.26. The van der Waals surface area contributed by atoms with Gasteiger partial charge in [-0.2, -0.15) is 0 Å². The molecule has 0 saturated heterocycles. The molecule has 1 amide bonds. The van der Waals surface area contributed by atoms with Crippen LogP contribution in [0.5, 0.6) is 0 Å². The highest BCUT2D eigenvalue weighted by atomic mass is 19.1. The van der Waals surface area contributed by atoms with Crippen LogP contribution in [0.25, 0.3) is 0 Å². The van der Waals surface area contributed by atoms with E-state index in [4.69, 9.17) is 0 Å². The van der Waals surface area contributed by atoms with Crippen molar-refractivity contribution in [1.82, 2.24) is 5.32 Å². The summed E-state index contributed by atoms with van der Waals surface area (Å²) in [5.41, 5.74) is 2.05. The number of hydrogen-bond acceptors (Lipinski definition) is 1. The van der Waals surface area contributed by atoms with Gasteiger partial charge in [0.15, 0.2) is 0 Å². The highest BCUT2D eigenvalue weighted by molar-refractivity contribution is 5.76. The lowest BCUT2D eigenvalue weighted by Gasteiger charge is -2.12. The number of hydrogen-bond donors (Lipinski definition) is 1. The smallest absolute Gasteiger partial charge is 0.220 e. The van der Waals surface area contributed by atoms with Crippen molar-refractivity contribution in [3.63, 3.8) is 0 Å². The van der Waals surface area contributed by atoms with E-state index in [1.54, 1.807) is 12.1 Å². The first-order valence-corrected chi connectivity index (χ1v) is 6.71. The first-order chi connectivity index (χ1) is 9.65. The van der Waals surface area contributed by atoms with Crippen molar-refractivity contribution < 1.29 is 9.18 Å². The predicted molar refractivity (Wildman–Crippen MR) is 77.7 cm³/mol. The third-order valence-corrected chi connectivity index (χ3v) is 3.26. The number of nitrogens with one attached hydrogen (secondary N) is 1. The van der Waals surface area contributed by atoms with Crippen LogP contribution in [0.1, 0.15) is 30.4 Å². The van der Waals surface area contributed by atoms with E-state index in [-0.39, 0.29) is 17.6 Å². The van der Waals surface area contributed by atoms with Crippen LogP contribution in [0.4, 0.5) is 4.39 Å². The van der Waals surface area contributed by atoms with Gasteiger partial charge in [-0.3, -0.25) is 4.79 Å². The Labute approximate surface area is 118 Å². The first kappa shape index (κ1) is 14.3. The maximum Gasteiger partial charge on any atom is 0.220 e. The third kappa shape index (κ3) is 4.19. The van der Waals surface area contributed by atoms with Crippen LogP contribution in [0.3, 0.4) is 0 Å². The molecule has 0 aliphatic rings. The molecule has 2 nitrogen and oxygen atoms in total. The van der Waals surface area contributed by atoms with Crippen LogP contribution in [-0.2, 0) is 11.3 Å². The molecule has 2 aromatic rings. The molecule has 3 heteroatoms. The highest BCUT2D eigenvalue weighted by Crippen LogP contribution is 2.18. The SMILES string of the molecule is C[C@H](CC(=O)NCc1ccc(F)cc1)c1ccccc1. The Morgan fingerprint density at radius 3 is 2.40 bits per heavy atom. The molecule has 2 aromatic carbocycles. The summed E-state index contributed by atoms with van der Waals surface area (Å²) in [5.74, 6) is -0.0760. The minimum absolute atomic E-state index is 0.00526. The Hall–Kier alpha value is -2.16. The molecule has 0 bridgehead atoms. The van der Waals surface area contributed by atoms with Crippen molar-refractivity contribution in [1.29, 1.82) is 0 Å². The van der Waals surface area contributed by atoms with Gasteiger partial charge in [0, 0.05) is 13.0 Å². The van der Waals surface area contributed by atoms with Crippen LogP contribution in [0, 0.1) is 5.82 Å². The van der Waals surface area contributed by atoms with Gasteiger partial charge in [0.2, 0.25) is 5.91 Å². The minimum atomic E-state index is -0.266. The summed E-state index contributed by atoms with van der Waals surface area (Å²) in [6.45, 7) is 2.47. The number of halogens is 1. The predicted octanol–water partition coefficient (Wildman–Crippen LogP) is 3.64. The van der Waals surface area contributed by atoms with E-state index >= 15 is 0 Å².